The van der Waals surface area contributed by atoms with Crippen LogP contribution in [-0.2, 0) is 19.4 Å². The van der Waals surface area contributed by atoms with Crippen molar-refractivity contribution in [1.29, 1.82) is 0 Å². The molecule has 2 heterocycles. The number of carbonyl (C=O) groups excluding carboxylic acids is 1. The van der Waals surface area contributed by atoms with Crippen molar-refractivity contribution in [3.8, 4) is 5.69 Å². The molecule has 2 rings (SSSR count). The molecule has 2 aromatic heterocycles. The highest BCUT2D eigenvalue weighted by Gasteiger charge is 2.39. The summed E-state index contributed by atoms with van der Waals surface area (Å²) in [5, 5.41) is 4.39. The van der Waals surface area contributed by atoms with E-state index in [1.165, 1.54) is 11.9 Å². The third kappa shape index (κ3) is 6.34. The molecule has 0 aromatic carbocycles. The van der Waals surface area contributed by atoms with Gasteiger partial charge in [-0.1, -0.05) is 4.31 Å². The van der Waals surface area contributed by atoms with Crippen molar-refractivity contribution in [3.05, 3.63) is 36.4 Å². The molecule has 2 aromatic rings. The van der Waals surface area contributed by atoms with Crippen LogP contribution in [0.2, 0.25) is 0 Å². The number of alkyl halides is 3. The van der Waals surface area contributed by atoms with Gasteiger partial charge < -0.3 is 4.90 Å². The molecule has 166 valence electrons. The third-order valence-corrected chi connectivity index (χ3v) is 6.36. The Kier molecular flexibility index (Phi) is 7.72. The number of halogens is 3. The van der Waals surface area contributed by atoms with Crippen LogP contribution in [0.3, 0.4) is 0 Å². The lowest BCUT2D eigenvalue weighted by atomic mass is 10.3. The Morgan fingerprint density at radius 2 is 2.07 bits per heavy atom. The van der Waals surface area contributed by atoms with Crippen molar-refractivity contribution in [2.75, 3.05) is 30.8 Å². The normalized spacial score (nSPS) is 14.0. The number of aryl methyl sites for hydroxylation is 1. The minimum Gasteiger partial charge on any atom is -0.310 e. The molecule has 8 nitrogen and oxygen atoms in total. The molecule has 1 N–H and O–H groups in total. The summed E-state index contributed by atoms with van der Waals surface area (Å²) in [5.41, 5.74) is 1.91. The van der Waals surface area contributed by atoms with Crippen molar-refractivity contribution >= 4 is 22.0 Å². The monoisotopic (exact) mass is 448 g/mol. The maximum Gasteiger partial charge on any atom is 0.393 e. The third-order valence-electron chi connectivity index (χ3n) is 4.47. The number of rotatable bonds is 9. The van der Waals surface area contributed by atoms with E-state index < -0.39 is 28.7 Å². The van der Waals surface area contributed by atoms with E-state index in [1.54, 1.807) is 43.2 Å². The molecule has 30 heavy (non-hydrogen) atoms. The SMILES string of the molecule is CCN(C(=O)CCN(C)[S+](=O)(O)CCC(F)(F)F)c1cn(-c2cccnc2)nc1C. The molecular formula is C18H25F3N5O3S+. The van der Waals surface area contributed by atoms with Crippen LogP contribution in [0.1, 0.15) is 25.5 Å². The lowest BCUT2D eigenvalue weighted by molar-refractivity contribution is -0.130. The number of pyridine rings is 1. The van der Waals surface area contributed by atoms with E-state index in [9.17, 15) is 26.7 Å². The van der Waals surface area contributed by atoms with Gasteiger partial charge in [-0.25, -0.2) is 4.68 Å². The molecule has 0 aliphatic carbocycles. The van der Waals surface area contributed by atoms with Crippen LogP contribution in [0.15, 0.2) is 30.7 Å². The standard InChI is InChI=1S/C18H24F3N5O3S/c1-4-25(16-13-26(23-14(16)2)15-6-5-9-22-12-15)17(27)7-10-24(3)30(28,29)11-8-18(19,20)21/h5-6,9,12-13H,4,7-8,10-11H2,1-3H3/p+1. The first-order valence-corrected chi connectivity index (χ1v) is 10.9. The highest BCUT2D eigenvalue weighted by molar-refractivity contribution is 7.95. The average Bonchev–Trinajstić information content (AvgIpc) is 3.07. The molecule has 1 amide bonds. The predicted octanol–water partition coefficient (Wildman–Crippen LogP) is 3.09. The van der Waals surface area contributed by atoms with Crippen LogP contribution < -0.4 is 4.90 Å². The summed E-state index contributed by atoms with van der Waals surface area (Å²) in [6.45, 7) is 3.71. The van der Waals surface area contributed by atoms with Crippen molar-refractivity contribution in [3.63, 3.8) is 0 Å². The first-order valence-electron chi connectivity index (χ1n) is 9.24. The van der Waals surface area contributed by atoms with E-state index in [0.717, 1.165) is 9.99 Å². The minimum atomic E-state index is -4.52. The first kappa shape index (κ1) is 24.0. The zero-order valence-electron chi connectivity index (χ0n) is 17.0. The maximum atomic E-state index is 12.7. The summed E-state index contributed by atoms with van der Waals surface area (Å²) in [4.78, 5) is 18.2. The number of hydrogen-bond donors (Lipinski definition) is 1. The lowest BCUT2D eigenvalue weighted by Gasteiger charge is -2.21. The molecule has 0 bridgehead atoms. The summed E-state index contributed by atoms with van der Waals surface area (Å²) in [6, 6.07) is 3.57. The Morgan fingerprint density at radius 3 is 2.63 bits per heavy atom. The maximum absolute atomic E-state index is 12.7. The van der Waals surface area contributed by atoms with Gasteiger partial charge in [0.05, 0.1) is 42.4 Å². The van der Waals surface area contributed by atoms with Crippen LogP contribution >= 0.6 is 0 Å². The van der Waals surface area contributed by atoms with Gasteiger partial charge >= 0.3 is 6.18 Å². The first-order chi connectivity index (χ1) is 13.9. The molecule has 0 spiro atoms. The fourth-order valence-electron chi connectivity index (χ4n) is 2.75. The van der Waals surface area contributed by atoms with E-state index in [4.69, 9.17) is 0 Å². The number of amides is 1. The van der Waals surface area contributed by atoms with Crippen LogP contribution in [-0.4, -0.2) is 61.6 Å². The van der Waals surface area contributed by atoms with E-state index in [1.807, 2.05) is 6.07 Å². The van der Waals surface area contributed by atoms with E-state index in [2.05, 4.69) is 10.1 Å². The Balaban J connectivity index is 2.05. The molecule has 1 unspecified atom stereocenters. The molecule has 0 saturated heterocycles. The van der Waals surface area contributed by atoms with Crippen LogP contribution in [0.25, 0.3) is 5.69 Å². The van der Waals surface area contributed by atoms with Gasteiger partial charge in [0.15, 0.2) is 5.75 Å². The zero-order valence-corrected chi connectivity index (χ0v) is 17.8. The second-order valence-corrected chi connectivity index (χ2v) is 8.92. The molecule has 0 aliphatic rings. The molecule has 0 aliphatic heterocycles. The molecule has 0 saturated carbocycles. The minimum absolute atomic E-state index is 0.134. The molecule has 1 atom stereocenters. The Bertz CT molecular complexity index is 904. The second kappa shape index (κ2) is 9.67. The van der Waals surface area contributed by atoms with E-state index in [0.29, 0.717) is 17.9 Å². The summed E-state index contributed by atoms with van der Waals surface area (Å²) in [7, 11) is -2.63. The van der Waals surface area contributed by atoms with Crippen LogP contribution in [0.5, 0.6) is 0 Å². The van der Waals surface area contributed by atoms with Gasteiger partial charge in [0.1, 0.15) is 0 Å². The Hall–Kier alpha value is -2.31. The smallest absolute Gasteiger partial charge is 0.310 e. The molecule has 0 radical (unpaired) electrons. The summed E-state index contributed by atoms with van der Waals surface area (Å²) < 4.78 is 61.5. The molecule has 0 fully saturated rings. The quantitative estimate of drug-likeness (QED) is 0.596. The molecular weight excluding hydrogens is 423 g/mol. The van der Waals surface area contributed by atoms with E-state index in [-0.39, 0.29) is 18.9 Å². The fraction of sp³-hybridized carbons (Fsp3) is 0.500. The van der Waals surface area contributed by atoms with Gasteiger partial charge in [0, 0.05) is 26.2 Å². The average molecular weight is 448 g/mol. The van der Waals surface area contributed by atoms with Crippen molar-refractivity contribution in [2.45, 2.75) is 32.9 Å². The van der Waals surface area contributed by atoms with E-state index >= 15 is 0 Å². The largest absolute Gasteiger partial charge is 0.393 e. The van der Waals surface area contributed by atoms with Gasteiger partial charge in [-0.05, 0) is 30.2 Å². The summed E-state index contributed by atoms with van der Waals surface area (Å²) >= 11 is 0. The number of nitrogens with zero attached hydrogens (tertiary/aromatic N) is 5. The summed E-state index contributed by atoms with van der Waals surface area (Å²) in [5.74, 6) is -1.26. The van der Waals surface area contributed by atoms with Crippen LogP contribution in [0, 0.1) is 6.92 Å². The van der Waals surface area contributed by atoms with Crippen molar-refractivity contribution in [1.82, 2.24) is 19.1 Å². The van der Waals surface area contributed by atoms with Crippen molar-refractivity contribution in [2.24, 2.45) is 0 Å². The highest BCUT2D eigenvalue weighted by atomic mass is 32.3. The van der Waals surface area contributed by atoms with Gasteiger partial charge in [0.2, 0.25) is 5.91 Å². The van der Waals surface area contributed by atoms with Gasteiger partial charge in [-0.3, -0.25) is 9.78 Å². The van der Waals surface area contributed by atoms with Gasteiger partial charge in [-0.2, -0.15) is 22.8 Å². The molecule has 12 heteroatoms. The van der Waals surface area contributed by atoms with Crippen LogP contribution in [0.4, 0.5) is 18.9 Å². The highest BCUT2D eigenvalue weighted by Crippen LogP contribution is 2.24. The fourth-order valence-corrected chi connectivity index (χ4v) is 3.94. The number of anilines is 1. The number of carbonyl (C=O) groups is 1. The Morgan fingerprint density at radius 1 is 1.37 bits per heavy atom. The second-order valence-electron chi connectivity index (χ2n) is 6.67. The van der Waals surface area contributed by atoms with Gasteiger partial charge in [0.25, 0.3) is 10.4 Å². The van der Waals surface area contributed by atoms with Crippen molar-refractivity contribution < 1.29 is 26.7 Å². The Labute approximate surface area is 174 Å². The predicted molar refractivity (Wildman–Crippen MR) is 108 cm³/mol. The topological polar surface area (TPSA) is 91.6 Å². The number of aromatic nitrogens is 3. The van der Waals surface area contributed by atoms with Gasteiger partial charge in [-0.15, -0.1) is 0 Å². The lowest BCUT2D eigenvalue weighted by Crippen LogP contribution is -2.40. The zero-order chi connectivity index (χ0) is 22.5. The summed E-state index contributed by atoms with van der Waals surface area (Å²) in [6.07, 6.45) is -1.07. The number of hydrogen-bond acceptors (Lipinski definition) is 4.